The number of rotatable bonds is 6. The van der Waals surface area contributed by atoms with Crippen molar-refractivity contribution in [2.75, 3.05) is 25.0 Å². The van der Waals surface area contributed by atoms with Crippen LogP contribution in [0.1, 0.15) is 18.9 Å². The van der Waals surface area contributed by atoms with Crippen LogP contribution in [0.25, 0.3) is 0 Å². The standard InChI is InChI=1S/C12H17BrF3N3/c1-3-4-19(8-12(14,15)16)11-9(6-17-2)5-10(13)7-18-11/h5,7,17H,3-4,6,8H2,1-2H3. The first kappa shape index (κ1) is 16.2. The first-order valence-corrected chi connectivity index (χ1v) is 6.77. The maximum absolute atomic E-state index is 12.6. The van der Waals surface area contributed by atoms with Crippen LogP contribution in [-0.4, -0.2) is 31.3 Å². The third-order valence-electron chi connectivity index (χ3n) is 2.44. The summed E-state index contributed by atoms with van der Waals surface area (Å²) in [5.74, 6) is 0.386. The molecular formula is C12H17BrF3N3. The molecule has 108 valence electrons. The Balaban J connectivity index is 3.06. The fourth-order valence-corrected chi connectivity index (χ4v) is 2.20. The minimum atomic E-state index is -4.24. The molecule has 1 heterocycles. The summed E-state index contributed by atoms with van der Waals surface area (Å²) in [7, 11) is 1.75. The van der Waals surface area contributed by atoms with E-state index in [0.717, 1.165) is 10.0 Å². The van der Waals surface area contributed by atoms with E-state index < -0.39 is 12.7 Å². The summed E-state index contributed by atoms with van der Waals surface area (Å²) in [4.78, 5) is 5.42. The smallest absolute Gasteiger partial charge is 0.347 e. The molecule has 0 amide bonds. The summed E-state index contributed by atoms with van der Waals surface area (Å²) >= 11 is 3.28. The fraction of sp³-hybridized carbons (Fsp3) is 0.583. The zero-order valence-electron chi connectivity index (χ0n) is 10.9. The molecule has 0 aliphatic carbocycles. The lowest BCUT2D eigenvalue weighted by Crippen LogP contribution is -2.36. The van der Waals surface area contributed by atoms with Gasteiger partial charge in [0.1, 0.15) is 12.4 Å². The van der Waals surface area contributed by atoms with Gasteiger partial charge < -0.3 is 10.2 Å². The molecule has 0 unspecified atom stereocenters. The molecule has 3 nitrogen and oxygen atoms in total. The van der Waals surface area contributed by atoms with Gasteiger partial charge in [0.15, 0.2) is 0 Å². The second kappa shape index (κ2) is 7.09. The molecule has 0 spiro atoms. The average molecular weight is 340 g/mol. The molecule has 0 aliphatic heterocycles. The quantitative estimate of drug-likeness (QED) is 0.861. The number of anilines is 1. The van der Waals surface area contributed by atoms with Gasteiger partial charge in [-0.2, -0.15) is 13.2 Å². The van der Waals surface area contributed by atoms with Gasteiger partial charge in [-0.1, -0.05) is 6.92 Å². The van der Waals surface area contributed by atoms with Gasteiger partial charge in [-0.15, -0.1) is 0 Å². The van der Waals surface area contributed by atoms with E-state index in [-0.39, 0.29) is 0 Å². The van der Waals surface area contributed by atoms with Gasteiger partial charge in [0.2, 0.25) is 0 Å². The van der Waals surface area contributed by atoms with Crippen molar-refractivity contribution in [1.29, 1.82) is 0 Å². The minimum absolute atomic E-state index is 0.324. The van der Waals surface area contributed by atoms with E-state index in [1.165, 1.54) is 11.1 Å². The lowest BCUT2D eigenvalue weighted by atomic mass is 10.2. The highest BCUT2D eigenvalue weighted by Crippen LogP contribution is 2.25. The van der Waals surface area contributed by atoms with Crippen molar-refractivity contribution in [3.8, 4) is 0 Å². The Morgan fingerprint density at radius 3 is 2.63 bits per heavy atom. The van der Waals surface area contributed by atoms with Crippen molar-refractivity contribution in [2.24, 2.45) is 0 Å². The van der Waals surface area contributed by atoms with E-state index >= 15 is 0 Å². The Labute approximate surface area is 119 Å². The van der Waals surface area contributed by atoms with Crippen molar-refractivity contribution in [2.45, 2.75) is 26.1 Å². The maximum Gasteiger partial charge on any atom is 0.405 e. The molecule has 0 radical (unpaired) electrons. The number of nitrogens with zero attached hydrogens (tertiary/aromatic N) is 2. The van der Waals surface area contributed by atoms with E-state index in [4.69, 9.17) is 0 Å². The Hall–Kier alpha value is -0.820. The molecule has 1 aromatic heterocycles. The molecule has 0 bridgehead atoms. The highest BCUT2D eigenvalue weighted by molar-refractivity contribution is 9.10. The largest absolute Gasteiger partial charge is 0.405 e. The van der Waals surface area contributed by atoms with Crippen LogP contribution >= 0.6 is 15.9 Å². The number of pyridine rings is 1. The summed E-state index contributed by atoms with van der Waals surface area (Å²) in [5, 5.41) is 2.94. The van der Waals surface area contributed by atoms with Gasteiger partial charge in [0.25, 0.3) is 0 Å². The molecule has 7 heteroatoms. The van der Waals surface area contributed by atoms with Crippen LogP contribution in [0.15, 0.2) is 16.7 Å². The SMILES string of the molecule is CCCN(CC(F)(F)F)c1ncc(Br)cc1CNC. The molecule has 1 rings (SSSR count). The molecule has 1 aromatic rings. The van der Waals surface area contributed by atoms with E-state index in [2.05, 4.69) is 26.2 Å². The molecule has 0 aromatic carbocycles. The molecule has 0 aliphatic rings. The Kier molecular flexibility index (Phi) is 6.06. The summed E-state index contributed by atoms with van der Waals surface area (Å²) in [6.07, 6.45) is -2.08. The number of alkyl halides is 3. The maximum atomic E-state index is 12.6. The van der Waals surface area contributed by atoms with Gasteiger partial charge in [0, 0.05) is 29.3 Å². The molecule has 0 fully saturated rings. The molecule has 0 saturated carbocycles. The second-order valence-electron chi connectivity index (χ2n) is 4.20. The Morgan fingerprint density at radius 1 is 1.42 bits per heavy atom. The van der Waals surface area contributed by atoms with E-state index in [0.29, 0.717) is 25.3 Å². The highest BCUT2D eigenvalue weighted by atomic mass is 79.9. The monoisotopic (exact) mass is 339 g/mol. The molecule has 0 atom stereocenters. The number of hydrogen-bond acceptors (Lipinski definition) is 3. The third-order valence-corrected chi connectivity index (χ3v) is 2.87. The van der Waals surface area contributed by atoms with Crippen molar-refractivity contribution >= 4 is 21.7 Å². The lowest BCUT2D eigenvalue weighted by molar-refractivity contribution is -0.119. The third kappa shape index (κ3) is 5.36. The number of aromatic nitrogens is 1. The second-order valence-corrected chi connectivity index (χ2v) is 5.12. The topological polar surface area (TPSA) is 28.2 Å². The first-order chi connectivity index (χ1) is 8.87. The fourth-order valence-electron chi connectivity index (χ4n) is 1.83. The number of halogens is 4. The number of hydrogen-bond donors (Lipinski definition) is 1. The molecule has 1 N–H and O–H groups in total. The first-order valence-electron chi connectivity index (χ1n) is 5.98. The van der Waals surface area contributed by atoms with Crippen molar-refractivity contribution < 1.29 is 13.2 Å². The Bertz CT molecular complexity index is 410. The van der Waals surface area contributed by atoms with Crippen molar-refractivity contribution in [3.63, 3.8) is 0 Å². The van der Waals surface area contributed by atoms with E-state index in [9.17, 15) is 13.2 Å². The summed E-state index contributed by atoms with van der Waals surface area (Å²) in [6.45, 7) is 1.66. The summed E-state index contributed by atoms with van der Waals surface area (Å²) in [5.41, 5.74) is 0.745. The van der Waals surface area contributed by atoms with Crippen LogP contribution in [0.2, 0.25) is 0 Å². The van der Waals surface area contributed by atoms with E-state index in [1.54, 1.807) is 13.1 Å². The van der Waals surface area contributed by atoms with Gasteiger partial charge in [-0.25, -0.2) is 4.98 Å². The zero-order valence-corrected chi connectivity index (χ0v) is 12.5. The van der Waals surface area contributed by atoms with Crippen LogP contribution in [0.3, 0.4) is 0 Å². The van der Waals surface area contributed by atoms with Crippen LogP contribution < -0.4 is 10.2 Å². The lowest BCUT2D eigenvalue weighted by Gasteiger charge is -2.26. The van der Waals surface area contributed by atoms with E-state index in [1.807, 2.05) is 6.92 Å². The summed E-state index contributed by atoms with van der Waals surface area (Å²) < 4.78 is 38.6. The van der Waals surface area contributed by atoms with Gasteiger partial charge in [-0.05, 0) is 35.5 Å². The summed E-state index contributed by atoms with van der Waals surface area (Å²) in [6, 6.07) is 1.79. The Morgan fingerprint density at radius 2 is 2.11 bits per heavy atom. The van der Waals surface area contributed by atoms with Gasteiger partial charge in [-0.3, -0.25) is 0 Å². The molecular weight excluding hydrogens is 323 g/mol. The average Bonchev–Trinajstić information content (AvgIpc) is 2.27. The zero-order chi connectivity index (χ0) is 14.5. The van der Waals surface area contributed by atoms with Crippen LogP contribution in [0.4, 0.5) is 19.0 Å². The normalized spacial score (nSPS) is 11.7. The number of nitrogens with one attached hydrogen (secondary N) is 1. The van der Waals surface area contributed by atoms with Gasteiger partial charge in [0.05, 0.1) is 0 Å². The molecule has 19 heavy (non-hydrogen) atoms. The van der Waals surface area contributed by atoms with Crippen LogP contribution in [0.5, 0.6) is 0 Å². The van der Waals surface area contributed by atoms with Gasteiger partial charge >= 0.3 is 6.18 Å². The molecule has 0 saturated heterocycles. The predicted molar refractivity (Wildman–Crippen MR) is 73.3 cm³/mol. The predicted octanol–water partition coefficient (Wildman–Crippen LogP) is 3.34. The van der Waals surface area contributed by atoms with Crippen LogP contribution in [0, 0.1) is 0 Å². The van der Waals surface area contributed by atoms with Crippen molar-refractivity contribution in [3.05, 3.63) is 22.3 Å². The minimum Gasteiger partial charge on any atom is -0.347 e. The van der Waals surface area contributed by atoms with Crippen LogP contribution in [-0.2, 0) is 6.54 Å². The van der Waals surface area contributed by atoms with Crippen molar-refractivity contribution in [1.82, 2.24) is 10.3 Å². The highest BCUT2D eigenvalue weighted by Gasteiger charge is 2.31.